The monoisotopic (exact) mass is 198 g/mol. The molecule has 0 radical (unpaired) electrons. The van der Waals surface area contributed by atoms with Gasteiger partial charge in [0.2, 0.25) is 0 Å². The molecule has 0 aliphatic heterocycles. The molecule has 0 bridgehead atoms. The van der Waals surface area contributed by atoms with Gasteiger partial charge in [0.05, 0.1) is 4.90 Å². The highest BCUT2D eigenvalue weighted by atomic mass is 32.2. The fourth-order valence-corrected chi connectivity index (χ4v) is 1.74. The maximum absolute atomic E-state index is 10.9. The van der Waals surface area contributed by atoms with Gasteiger partial charge in [-0.25, -0.2) is 4.21 Å². The average Bonchev–Trinajstić information content (AvgIpc) is 2.04. The molecule has 1 aromatic rings. The van der Waals surface area contributed by atoms with Crippen LogP contribution in [-0.4, -0.2) is 8.76 Å². The maximum Gasteiger partial charge on any atom is 0.186 e. The molecule has 0 spiro atoms. The fourth-order valence-electron chi connectivity index (χ4n) is 1.16. The molecule has 0 aliphatic carbocycles. The highest BCUT2D eigenvalue weighted by Gasteiger charge is 2.07. The van der Waals surface area contributed by atoms with Gasteiger partial charge in [0.1, 0.15) is 0 Å². The number of hydrogen-bond acceptors (Lipinski definition) is 1. The van der Waals surface area contributed by atoms with Crippen LogP contribution in [0.2, 0.25) is 0 Å². The molecule has 1 unspecified atom stereocenters. The molecule has 1 rings (SSSR count). The van der Waals surface area contributed by atoms with Gasteiger partial charge < -0.3 is 4.55 Å². The van der Waals surface area contributed by atoms with Crippen LogP contribution < -0.4 is 0 Å². The summed E-state index contributed by atoms with van der Waals surface area (Å²) in [5.41, 5.74) is 1.97. The third-order valence-electron chi connectivity index (χ3n) is 2.07. The van der Waals surface area contributed by atoms with Gasteiger partial charge in [-0.1, -0.05) is 26.0 Å². The van der Waals surface area contributed by atoms with Crippen molar-refractivity contribution in [3.63, 3.8) is 0 Å². The second-order valence-electron chi connectivity index (χ2n) is 3.43. The molecular formula is C10H14O2S. The number of benzene rings is 1. The fraction of sp³-hybridized carbons (Fsp3) is 0.400. The van der Waals surface area contributed by atoms with Crippen molar-refractivity contribution in [2.75, 3.05) is 0 Å². The Balaban J connectivity index is 3.19. The van der Waals surface area contributed by atoms with E-state index in [-0.39, 0.29) is 0 Å². The second-order valence-corrected chi connectivity index (χ2v) is 4.37. The van der Waals surface area contributed by atoms with Crippen molar-refractivity contribution in [1.29, 1.82) is 0 Å². The summed E-state index contributed by atoms with van der Waals surface area (Å²) in [5.74, 6) is 0.392. The lowest BCUT2D eigenvalue weighted by Gasteiger charge is -2.08. The van der Waals surface area contributed by atoms with E-state index in [4.69, 9.17) is 4.55 Å². The minimum atomic E-state index is -1.87. The van der Waals surface area contributed by atoms with Gasteiger partial charge in [0.25, 0.3) is 0 Å². The molecule has 72 valence electrons. The van der Waals surface area contributed by atoms with E-state index in [0.29, 0.717) is 10.8 Å². The lowest BCUT2D eigenvalue weighted by Crippen LogP contribution is -1.96. The lowest BCUT2D eigenvalue weighted by molar-refractivity contribution is 0.563. The second kappa shape index (κ2) is 4.03. The molecule has 1 N–H and O–H groups in total. The Bertz CT molecular complexity index is 332. The average molecular weight is 198 g/mol. The molecule has 0 aromatic heterocycles. The summed E-state index contributed by atoms with van der Waals surface area (Å²) in [6, 6.07) is 5.69. The molecule has 1 aromatic carbocycles. The SMILES string of the molecule is Cc1ccc(C(C)C)cc1S(=O)O. The first-order chi connectivity index (χ1) is 6.02. The van der Waals surface area contributed by atoms with Gasteiger partial charge in [-0.2, -0.15) is 0 Å². The van der Waals surface area contributed by atoms with Gasteiger partial charge in [0.15, 0.2) is 11.1 Å². The first kappa shape index (κ1) is 10.4. The molecule has 3 heteroatoms. The van der Waals surface area contributed by atoms with Crippen LogP contribution in [0.5, 0.6) is 0 Å². The van der Waals surface area contributed by atoms with Crippen molar-refractivity contribution in [1.82, 2.24) is 0 Å². The van der Waals surface area contributed by atoms with E-state index in [2.05, 4.69) is 13.8 Å². The van der Waals surface area contributed by atoms with Crippen molar-refractivity contribution in [3.8, 4) is 0 Å². The van der Waals surface area contributed by atoms with E-state index in [9.17, 15) is 4.21 Å². The molecule has 0 saturated carbocycles. The Hall–Kier alpha value is -0.670. The molecule has 0 fully saturated rings. The van der Waals surface area contributed by atoms with Crippen LogP contribution in [0, 0.1) is 6.92 Å². The standard InChI is InChI=1S/C10H14O2S/c1-7(2)9-5-4-8(3)10(6-9)13(11)12/h4-7H,1-3H3,(H,11,12). The first-order valence-electron chi connectivity index (χ1n) is 4.23. The van der Waals surface area contributed by atoms with E-state index in [0.717, 1.165) is 11.1 Å². The van der Waals surface area contributed by atoms with Gasteiger partial charge >= 0.3 is 0 Å². The summed E-state index contributed by atoms with van der Waals surface area (Å²) in [6.07, 6.45) is 0. The van der Waals surface area contributed by atoms with E-state index >= 15 is 0 Å². The predicted octanol–water partition coefficient (Wildman–Crippen LogP) is 2.70. The summed E-state index contributed by atoms with van der Waals surface area (Å²) >= 11 is -1.87. The van der Waals surface area contributed by atoms with Crippen molar-refractivity contribution < 1.29 is 8.76 Å². The summed E-state index contributed by atoms with van der Waals surface area (Å²) in [4.78, 5) is 0.520. The zero-order valence-electron chi connectivity index (χ0n) is 8.07. The van der Waals surface area contributed by atoms with E-state index < -0.39 is 11.1 Å². The smallest absolute Gasteiger partial charge is 0.186 e. The highest BCUT2D eigenvalue weighted by molar-refractivity contribution is 7.79. The van der Waals surface area contributed by atoms with Crippen LogP contribution in [0.15, 0.2) is 23.1 Å². The van der Waals surface area contributed by atoms with Gasteiger partial charge in [0, 0.05) is 0 Å². The summed E-state index contributed by atoms with van der Waals surface area (Å²) in [5, 5.41) is 0. The van der Waals surface area contributed by atoms with Crippen molar-refractivity contribution in [2.24, 2.45) is 0 Å². The molecule has 2 nitrogen and oxygen atoms in total. The maximum atomic E-state index is 10.9. The minimum Gasteiger partial charge on any atom is -0.302 e. The molecule has 0 aliphatic rings. The van der Waals surface area contributed by atoms with Crippen LogP contribution >= 0.6 is 0 Å². The Morgan fingerprint density at radius 3 is 2.46 bits per heavy atom. The third-order valence-corrected chi connectivity index (χ3v) is 2.88. The van der Waals surface area contributed by atoms with Crippen molar-refractivity contribution in [3.05, 3.63) is 29.3 Å². The van der Waals surface area contributed by atoms with Crippen molar-refractivity contribution in [2.45, 2.75) is 31.6 Å². The number of rotatable bonds is 2. The number of aryl methyl sites for hydroxylation is 1. The molecular weight excluding hydrogens is 184 g/mol. The van der Waals surface area contributed by atoms with E-state index in [1.54, 1.807) is 6.07 Å². The lowest BCUT2D eigenvalue weighted by atomic mass is 10.0. The van der Waals surface area contributed by atoms with Crippen LogP contribution in [0.3, 0.4) is 0 Å². The molecule has 1 atom stereocenters. The highest BCUT2D eigenvalue weighted by Crippen LogP contribution is 2.20. The van der Waals surface area contributed by atoms with Gasteiger partial charge in [-0.3, -0.25) is 0 Å². The topological polar surface area (TPSA) is 37.3 Å². The van der Waals surface area contributed by atoms with E-state index in [1.807, 2.05) is 19.1 Å². The molecule has 0 heterocycles. The Labute approximate surface area is 81.3 Å². The Morgan fingerprint density at radius 1 is 1.38 bits per heavy atom. The van der Waals surface area contributed by atoms with E-state index in [1.165, 1.54) is 0 Å². The van der Waals surface area contributed by atoms with Gasteiger partial charge in [-0.05, 0) is 30.0 Å². The normalized spacial score (nSPS) is 13.3. The Morgan fingerprint density at radius 2 is 2.00 bits per heavy atom. The summed E-state index contributed by atoms with van der Waals surface area (Å²) in [6.45, 7) is 5.97. The largest absolute Gasteiger partial charge is 0.302 e. The summed E-state index contributed by atoms with van der Waals surface area (Å²) in [7, 11) is 0. The summed E-state index contributed by atoms with van der Waals surface area (Å²) < 4.78 is 19.9. The van der Waals surface area contributed by atoms with Crippen LogP contribution in [-0.2, 0) is 11.1 Å². The van der Waals surface area contributed by atoms with Crippen LogP contribution in [0.4, 0.5) is 0 Å². The quantitative estimate of drug-likeness (QED) is 0.742. The zero-order chi connectivity index (χ0) is 10.0. The minimum absolute atomic E-state index is 0.392. The Kier molecular flexibility index (Phi) is 3.22. The van der Waals surface area contributed by atoms with Crippen molar-refractivity contribution >= 4 is 11.1 Å². The van der Waals surface area contributed by atoms with Crippen LogP contribution in [0.25, 0.3) is 0 Å². The number of hydrogen-bond donors (Lipinski definition) is 1. The van der Waals surface area contributed by atoms with Gasteiger partial charge in [-0.15, -0.1) is 0 Å². The first-order valence-corrected chi connectivity index (χ1v) is 5.34. The molecule has 0 saturated heterocycles. The van der Waals surface area contributed by atoms with Crippen LogP contribution in [0.1, 0.15) is 30.9 Å². The molecule has 13 heavy (non-hydrogen) atoms. The molecule has 0 amide bonds. The third kappa shape index (κ3) is 2.39. The zero-order valence-corrected chi connectivity index (χ0v) is 8.89. The predicted molar refractivity (Wildman–Crippen MR) is 54.3 cm³/mol.